The van der Waals surface area contributed by atoms with E-state index in [1.165, 1.54) is 18.2 Å². The molecule has 3 nitrogen and oxygen atoms in total. The summed E-state index contributed by atoms with van der Waals surface area (Å²) in [6.07, 6.45) is 0.593. The highest BCUT2D eigenvalue weighted by Crippen LogP contribution is 2.10. The summed E-state index contributed by atoms with van der Waals surface area (Å²) in [7, 11) is -3.64. The molecule has 0 aliphatic carbocycles. The molecule has 0 atom stereocenters. The summed E-state index contributed by atoms with van der Waals surface area (Å²) < 4.78 is 39.2. The smallest absolute Gasteiger partial charge is 0.211 e. The van der Waals surface area contributed by atoms with E-state index in [1.54, 1.807) is 0 Å². The van der Waals surface area contributed by atoms with Gasteiger partial charge in [-0.3, -0.25) is 0 Å². The molecule has 19 heavy (non-hydrogen) atoms. The van der Waals surface area contributed by atoms with Crippen LogP contribution >= 0.6 is 0 Å². The number of rotatable bonds is 5. The third kappa shape index (κ3) is 3.87. The van der Waals surface area contributed by atoms with Gasteiger partial charge in [0.05, 0.1) is 4.90 Å². The lowest BCUT2D eigenvalue weighted by atomic mass is 10.2. The average Bonchev–Trinajstić information content (AvgIpc) is 2.40. The van der Waals surface area contributed by atoms with Gasteiger partial charge in [-0.1, -0.05) is 36.4 Å². The minimum absolute atomic E-state index is 0.0550. The van der Waals surface area contributed by atoms with Crippen LogP contribution in [0.4, 0.5) is 4.39 Å². The zero-order valence-corrected chi connectivity index (χ0v) is 11.0. The van der Waals surface area contributed by atoms with Crippen LogP contribution < -0.4 is 4.72 Å². The van der Waals surface area contributed by atoms with Gasteiger partial charge in [0.25, 0.3) is 0 Å². The van der Waals surface area contributed by atoms with E-state index in [2.05, 4.69) is 4.72 Å². The van der Waals surface area contributed by atoms with E-state index >= 15 is 0 Å². The highest BCUT2D eigenvalue weighted by molar-refractivity contribution is 7.89. The van der Waals surface area contributed by atoms with Gasteiger partial charge >= 0.3 is 0 Å². The highest BCUT2D eigenvalue weighted by Gasteiger charge is 2.13. The predicted octanol–water partition coefficient (Wildman–Crippen LogP) is 2.35. The van der Waals surface area contributed by atoms with Gasteiger partial charge in [-0.15, -0.1) is 0 Å². The molecule has 1 N–H and O–H groups in total. The Morgan fingerprint density at radius 1 is 1.00 bits per heavy atom. The van der Waals surface area contributed by atoms with E-state index in [-0.39, 0.29) is 11.4 Å². The van der Waals surface area contributed by atoms with E-state index in [9.17, 15) is 12.8 Å². The zero-order chi connectivity index (χ0) is 13.7. The number of sulfonamides is 1. The molecule has 0 heterocycles. The maximum absolute atomic E-state index is 13.0. The van der Waals surface area contributed by atoms with Gasteiger partial charge in [0, 0.05) is 6.54 Å². The van der Waals surface area contributed by atoms with Crippen molar-refractivity contribution in [3.63, 3.8) is 0 Å². The summed E-state index contributed by atoms with van der Waals surface area (Å²) >= 11 is 0. The molecule has 0 saturated carbocycles. The van der Waals surface area contributed by atoms with Crippen LogP contribution in [0.1, 0.15) is 5.56 Å². The Labute approximate surface area is 112 Å². The topological polar surface area (TPSA) is 46.2 Å². The van der Waals surface area contributed by atoms with Crippen molar-refractivity contribution in [2.45, 2.75) is 11.3 Å². The molecule has 0 unspecified atom stereocenters. The lowest BCUT2D eigenvalue weighted by molar-refractivity contribution is 0.577. The first-order chi connectivity index (χ1) is 9.08. The second kappa shape index (κ2) is 5.95. The van der Waals surface area contributed by atoms with Crippen LogP contribution in [0.2, 0.25) is 0 Å². The van der Waals surface area contributed by atoms with Crippen molar-refractivity contribution in [2.24, 2.45) is 0 Å². The van der Waals surface area contributed by atoms with Crippen LogP contribution in [0.3, 0.4) is 0 Å². The first-order valence-corrected chi connectivity index (χ1v) is 7.35. The van der Waals surface area contributed by atoms with Gasteiger partial charge < -0.3 is 0 Å². The minimum atomic E-state index is -3.64. The lowest BCUT2D eigenvalue weighted by Gasteiger charge is -2.06. The summed E-state index contributed by atoms with van der Waals surface area (Å²) in [6, 6.07) is 14.5. The number of hydrogen-bond donors (Lipinski definition) is 1. The van der Waals surface area contributed by atoms with Crippen LogP contribution in [0, 0.1) is 5.82 Å². The average molecular weight is 279 g/mol. The molecule has 0 aliphatic heterocycles. The van der Waals surface area contributed by atoms with Crippen LogP contribution in [0.5, 0.6) is 0 Å². The summed E-state index contributed by atoms with van der Waals surface area (Å²) in [5.74, 6) is -0.564. The maximum atomic E-state index is 13.0. The normalized spacial score (nSPS) is 11.4. The van der Waals surface area contributed by atoms with Crippen molar-refractivity contribution in [1.82, 2.24) is 4.72 Å². The van der Waals surface area contributed by atoms with Crippen molar-refractivity contribution >= 4 is 10.0 Å². The Bertz CT molecular complexity index is 642. The first kappa shape index (κ1) is 13.7. The van der Waals surface area contributed by atoms with E-state index in [0.29, 0.717) is 6.42 Å². The minimum Gasteiger partial charge on any atom is -0.211 e. The molecule has 0 bridgehead atoms. The van der Waals surface area contributed by atoms with Gasteiger partial charge in [0.15, 0.2) is 0 Å². The van der Waals surface area contributed by atoms with E-state index in [0.717, 1.165) is 11.6 Å². The van der Waals surface area contributed by atoms with Gasteiger partial charge in [0.2, 0.25) is 10.0 Å². The Hall–Kier alpha value is -1.72. The molecule has 100 valence electrons. The molecular weight excluding hydrogens is 265 g/mol. The van der Waals surface area contributed by atoms with Gasteiger partial charge in [0.1, 0.15) is 5.82 Å². The molecule has 5 heteroatoms. The molecule has 0 aliphatic rings. The van der Waals surface area contributed by atoms with Crippen molar-refractivity contribution in [2.75, 3.05) is 6.54 Å². The number of halogens is 1. The van der Waals surface area contributed by atoms with Crippen LogP contribution in [0.25, 0.3) is 0 Å². The SMILES string of the molecule is O=S(=O)(NCCc1ccccc1)c1cccc(F)c1. The Balaban J connectivity index is 1.99. The molecular formula is C14H14FNO2S. The van der Waals surface area contributed by atoms with Gasteiger partial charge in [-0.25, -0.2) is 17.5 Å². The highest BCUT2D eigenvalue weighted by atomic mass is 32.2. The van der Waals surface area contributed by atoms with E-state index in [4.69, 9.17) is 0 Å². The second-order valence-corrected chi connectivity index (χ2v) is 5.86. The number of nitrogens with one attached hydrogen (secondary N) is 1. The van der Waals surface area contributed by atoms with E-state index < -0.39 is 15.8 Å². The summed E-state index contributed by atoms with van der Waals surface area (Å²) in [5, 5.41) is 0. The van der Waals surface area contributed by atoms with Crippen molar-refractivity contribution in [3.05, 3.63) is 66.0 Å². The summed E-state index contributed by atoms with van der Waals surface area (Å²) in [6.45, 7) is 0.281. The van der Waals surface area contributed by atoms with E-state index in [1.807, 2.05) is 30.3 Å². The second-order valence-electron chi connectivity index (χ2n) is 4.09. The Morgan fingerprint density at radius 3 is 2.42 bits per heavy atom. The molecule has 0 spiro atoms. The Kier molecular flexibility index (Phi) is 4.29. The molecule has 2 aromatic rings. The predicted molar refractivity (Wildman–Crippen MR) is 71.7 cm³/mol. The fraction of sp³-hybridized carbons (Fsp3) is 0.143. The molecule has 0 amide bonds. The molecule has 0 saturated heterocycles. The number of benzene rings is 2. The van der Waals surface area contributed by atoms with Crippen molar-refractivity contribution in [3.8, 4) is 0 Å². The standard InChI is InChI=1S/C14H14FNO2S/c15-13-7-4-8-14(11-13)19(17,18)16-10-9-12-5-2-1-3-6-12/h1-8,11,16H,9-10H2. The molecule has 0 radical (unpaired) electrons. The van der Waals surface area contributed by atoms with Gasteiger partial charge in [-0.05, 0) is 30.2 Å². The van der Waals surface area contributed by atoms with Gasteiger partial charge in [-0.2, -0.15) is 0 Å². The van der Waals surface area contributed by atoms with Crippen molar-refractivity contribution < 1.29 is 12.8 Å². The fourth-order valence-corrected chi connectivity index (χ4v) is 2.75. The van der Waals surface area contributed by atoms with Crippen LogP contribution in [0.15, 0.2) is 59.5 Å². The summed E-state index contributed by atoms with van der Waals surface area (Å²) in [5.41, 5.74) is 1.05. The largest absolute Gasteiger partial charge is 0.240 e. The number of hydrogen-bond acceptors (Lipinski definition) is 2. The third-order valence-electron chi connectivity index (χ3n) is 2.65. The fourth-order valence-electron chi connectivity index (χ4n) is 1.69. The molecule has 0 fully saturated rings. The molecule has 0 aromatic heterocycles. The third-order valence-corrected chi connectivity index (χ3v) is 4.11. The zero-order valence-electron chi connectivity index (χ0n) is 10.2. The molecule has 2 rings (SSSR count). The summed E-state index contributed by atoms with van der Waals surface area (Å²) in [4.78, 5) is -0.0550. The maximum Gasteiger partial charge on any atom is 0.240 e. The quantitative estimate of drug-likeness (QED) is 0.913. The lowest BCUT2D eigenvalue weighted by Crippen LogP contribution is -2.26. The Morgan fingerprint density at radius 2 is 1.74 bits per heavy atom. The monoisotopic (exact) mass is 279 g/mol. The van der Waals surface area contributed by atoms with Crippen LogP contribution in [-0.2, 0) is 16.4 Å². The first-order valence-electron chi connectivity index (χ1n) is 5.87. The van der Waals surface area contributed by atoms with Crippen molar-refractivity contribution in [1.29, 1.82) is 0 Å². The van der Waals surface area contributed by atoms with Crippen LogP contribution in [-0.4, -0.2) is 15.0 Å². The molecule has 2 aromatic carbocycles.